The van der Waals surface area contributed by atoms with E-state index < -0.39 is 11.6 Å². The highest BCUT2D eigenvalue weighted by Crippen LogP contribution is 2.27. The van der Waals surface area contributed by atoms with Crippen LogP contribution in [0, 0.1) is 11.6 Å². The minimum atomic E-state index is -0.492. The van der Waals surface area contributed by atoms with Gasteiger partial charge in [-0.15, -0.1) is 0 Å². The van der Waals surface area contributed by atoms with Crippen LogP contribution in [0.5, 0.6) is 0 Å². The Morgan fingerprint density at radius 2 is 1.53 bits per heavy atom. The maximum Gasteiger partial charge on any atom is 0.278 e. The number of allylic oxidation sites excluding steroid dienone is 8. The molecule has 0 atom stereocenters. The molecule has 0 radical (unpaired) electrons. The Labute approximate surface area is 282 Å². The lowest BCUT2D eigenvalue weighted by molar-refractivity contribution is 0.0897. The first-order valence-electron chi connectivity index (χ1n) is 16.8. The summed E-state index contributed by atoms with van der Waals surface area (Å²) < 4.78 is 30.5. The van der Waals surface area contributed by atoms with Crippen LogP contribution in [0.1, 0.15) is 94.1 Å². The van der Waals surface area contributed by atoms with Crippen LogP contribution in [0.2, 0.25) is 0 Å². The SMILES string of the molecule is CCCc1cc(F)cc(F)c1.C\C=C/N=C(/C(=C/C)C(/C(C)=N/C=C/CC)=C(/C)N1CCN(C(=C=O)OCC)CC1)C(\C)=C(/C)CC. The molecule has 1 heterocycles. The van der Waals surface area contributed by atoms with Gasteiger partial charge in [-0.3, -0.25) is 9.98 Å². The Morgan fingerprint density at radius 3 is 2.02 bits per heavy atom. The van der Waals surface area contributed by atoms with E-state index in [-0.39, 0.29) is 0 Å². The summed E-state index contributed by atoms with van der Waals surface area (Å²) in [7, 11) is 0. The summed E-state index contributed by atoms with van der Waals surface area (Å²) in [5.41, 5.74) is 8.47. The number of benzene rings is 1. The Kier molecular flexibility index (Phi) is 19.6. The van der Waals surface area contributed by atoms with Gasteiger partial charge in [0.25, 0.3) is 5.88 Å². The van der Waals surface area contributed by atoms with Crippen molar-refractivity contribution >= 4 is 17.4 Å². The van der Waals surface area contributed by atoms with E-state index in [0.717, 1.165) is 78.7 Å². The summed E-state index contributed by atoms with van der Waals surface area (Å²) in [6, 6.07) is 3.62. The first-order chi connectivity index (χ1) is 22.5. The molecule has 0 unspecified atom stereocenters. The molecule has 258 valence electrons. The average molecular weight is 651 g/mol. The fourth-order valence-electron chi connectivity index (χ4n) is 5.14. The topological polar surface area (TPSA) is 57.5 Å². The molecule has 8 heteroatoms. The molecule has 0 amide bonds. The molecule has 1 saturated heterocycles. The molecule has 0 saturated carbocycles. The summed E-state index contributed by atoms with van der Waals surface area (Å²) in [6.45, 7) is 24.1. The van der Waals surface area contributed by atoms with Gasteiger partial charge >= 0.3 is 0 Å². The molecule has 0 bridgehead atoms. The number of rotatable bonds is 14. The largest absolute Gasteiger partial charge is 0.471 e. The third-order valence-electron chi connectivity index (χ3n) is 7.90. The Bertz CT molecular complexity index is 1400. The fourth-order valence-corrected chi connectivity index (χ4v) is 5.14. The number of carbonyl (C=O) groups excluding carboxylic acids is 1. The van der Waals surface area contributed by atoms with Gasteiger partial charge in [-0.05, 0) is 91.0 Å². The third kappa shape index (κ3) is 13.3. The second-order valence-corrected chi connectivity index (χ2v) is 11.2. The highest BCUT2D eigenvalue weighted by Gasteiger charge is 2.25. The van der Waals surface area contributed by atoms with Crippen molar-refractivity contribution in [3.8, 4) is 0 Å². The van der Waals surface area contributed by atoms with E-state index >= 15 is 0 Å². The lowest BCUT2D eigenvalue weighted by Gasteiger charge is -2.38. The van der Waals surface area contributed by atoms with Crippen LogP contribution in [-0.4, -0.2) is 60.0 Å². The van der Waals surface area contributed by atoms with Gasteiger partial charge in [0.15, 0.2) is 5.94 Å². The van der Waals surface area contributed by atoms with Gasteiger partial charge in [0.05, 0.1) is 12.3 Å². The van der Waals surface area contributed by atoms with Crippen LogP contribution >= 0.6 is 0 Å². The monoisotopic (exact) mass is 650 g/mol. The van der Waals surface area contributed by atoms with Gasteiger partial charge < -0.3 is 14.5 Å². The van der Waals surface area contributed by atoms with Crippen molar-refractivity contribution in [2.45, 2.75) is 94.9 Å². The molecule has 0 aliphatic carbocycles. The highest BCUT2D eigenvalue weighted by molar-refractivity contribution is 6.22. The standard InChI is InChI=1S/C30H46N4O2.C9H10F2/c1-10-15-17-31-25(8)29(27(13-4)30(32-16-11-2)24(7)23(6)12-3)26(9)33-18-20-34(21-19-33)28(22-35)36-14-5;1-2-3-7-4-8(10)6-9(11)5-7/h11,13,15-17H,10,12,14,18-21H2,1-9H3;4-6H,2-3H2,1H3/b16-11-,17-15+,24-23+,27-13+,29-26-,31-25+,32-30+;. The van der Waals surface area contributed by atoms with Crippen molar-refractivity contribution in [2.24, 2.45) is 9.98 Å². The summed E-state index contributed by atoms with van der Waals surface area (Å²) in [5, 5.41) is 0. The van der Waals surface area contributed by atoms with Crippen molar-refractivity contribution in [2.75, 3.05) is 32.8 Å². The minimum Gasteiger partial charge on any atom is -0.471 e. The molecule has 1 aliphatic rings. The number of hydrogen-bond acceptors (Lipinski definition) is 6. The van der Waals surface area contributed by atoms with Crippen LogP contribution < -0.4 is 0 Å². The summed E-state index contributed by atoms with van der Waals surface area (Å²) >= 11 is 0. The number of aliphatic imine (C=N–C) groups is 2. The van der Waals surface area contributed by atoms with E-state index in [0.29, 0.717) is 25.6 Å². The van der Waals surface area contributed by atoms with Crippen LogP contribution in [0.15, 0.2) is 92.7 Å². The zero-order valence-corrected chi connectivity index (χ0v) is 30.3. The van der Waals surface area contributed by atoms with E-state index in [9.17, 15) is 13.6 Å². The van der Waals surface area contributed by atoms with Gasteiger partial charge in [0.2, 0.25) is 0 Å². The van der Waals surface area contributed by atoms with Gasteiger partial charge in [-0.25, -0.2) is 13.6 Å². The van der Waals surface area contributed by atoms with Gasteiger partial charge in [-0.1, -0.05) is 51.0 Å². The van der Waals surface area contributed by atoms with E-state index in [1.807, 2.05) is 50.1 Å². The molecule has 1 aromatic rings. The molecule has 0 spiro atoms. The van der Waals surface area contributed by atoms with Crippen LogP contribution in [-0.2, 0) is 16.0 Å². The number of aryl methyl sites for hydroxylation is 1. The molecular weight excluding hydrogens is 594 g/mol. The molecule has 1 fully saturated rings. The number of ether oxygens (including phenoxy) is 1. The van der Waals surface area contributed by atoms with Crippen LogP contribution in [0.3, 0.4) is 0 Å². The fraction of sp³-hybridized carbons (Fsp3) is 0.487. The smallest absolute Gasteiger partial charge is 0.278 e. The number of halogens is 2. The van der Waals surface area contributed by atoms with Crippen molar-refractivity contribution < 1.29 is 18.3 Å². The number of hydrogen-bond donors (Lipinski definition) is 0. The summed E-state index contributed by atoms with van der Waals surface area (Å²) in [6.07, 6.45) is 13.5. The predicted octanol–water partition coefficient (Wildman–Crippen LogP) is 9.56. The maximum absolute atomic E-state index is 12.5. The Hall–Kier alpha value is -4.03. The number of piperazine rings is 1. The first kappa shape index (κ1) is 41.0. The Morgan fingerprint density at radius 1 is 0.915 bits per heavy atom. The van der Waals surface area contributed by atoms with Crippen molar-refractivity contribution in [1.29, 1.82) is 0 Å². The highest BCUT2D eigenvalue weighted by atomic mass is 19.1. The van der Waals surface area contributed by atoms with E-state index in [1.54, 1.807) is 0 Å². The average Bonchev–Trinajstić information content (AvgIpc) is 3.06. The molecule has 1 aromatic carbocycles. The lowest BCUT2D eigenvalue weighted by Crippen LogP contribution is -2.46. The molecule has 1 aliphatic heterocycles. The van der Waals surface area contributed by atoms with E-state index in [4.69, 9.17) is 14.7 Å². The van der Waals surface area contributed by atoms with E-state index in [1.165, 1.54) is 23.3 Å². The van der Waals surface area contributed by atoms with Crippen molar-refractivity contribution in [3.05, 3.63) is 99.9 Å². The van der Waals surface area contributed by atoms with Gasteiger partial charge in [-0.2, -0.15) is 0 Å². The third-order valence-corrected chi connectivity index (χ3v) is 7.90. The molecule has 2 rings (SSSR count). The second-order valence-electron chi connectivity index (χ2n) is 11.2. The van der Waals surface area contributed by atoms with E-state index in [2.05, 4.69) is 65.5 Å². The molecular formula is C39H56F2N4O2. The molecule has 0 aromatic heterocycles. The maximum atomic E-state index is 12.5. The Balaban J connectivity index is 0.000000841. The lowest BCUT2D eigenvalue weighted by atomic mass is 9.89. The van der Waals surface area contributed by atoms with Gasteiger partial charge in [0, 0.05) is 67.2 Å². The molecule has 47 heavy (non-hydrogen) atoms. The van der Waals surface area contributed by atoms with Crippen LogP contribution in [0.4, 0.5) is 8.78 Å². The van der Waals surface area contributed by atoms with Crippen LogP contribution in [0.25, 0.3) is 0 Å². The minimum absolute atomic E-state index is 0.298. The summed E-state index contributed by atoms with van der Waals surface area (Å²) in [5.74, 6) is 1.27. The second kappa shape index (κ2) is 22.5. The quantitative estimate of drug-likeness (QED) is 0.0871. The molecule has 6 nitrogen and oxygen atoms in total. The summed E-state index contributed by atoms with van der Waals surface area (Å²) in [4.78, 5) is 25.4. The first-order valence-corrected chi connectivity index (χ1v) is 16.8. The normalized spacial score (nSPS) is 15.7. The van der Waals surface area contributed by atoms with Crippen molar-refractivity contribution in [1.82, 2.24) is 9.80 Å². The predicted molar refractivity (Wildman–Crippen MR) is 194 cm³/mol. The van der Waals surface area contributed by atoms with Crippen molar-refractivity contribution in [3.63, 3.8) is 0 Å². The zero-order valence-electron chi connectivity index (χ0n) is 30.3. The molecule has 0 N–H and O–H groups in total. The van der Waals surface area contributed by atoms with Gasteiger partial charge in [0.1, 0.15) is 11.6 Å². The number of nitrogens with zero attached hydrogens (tertiary/aromatic N) is 4. The zero-order chi connectivity index (χ0) is 35.4.